The molecule has 0 saturated heterocycles. The molecule has 0 aromatic carbocycles. The number of nitrogens with zero attached hydrogens (tertiary/aromatic N) is 1. The van der Waals surface area contributed by atoms with Gasteiger partial charge >= 0.3 is 5.97 Å². The van der Waals surface area contributed by atoms with E-state index in [-0.39, 0.29) is 0 Å². The van der Waals surface area contributed by atoms with Crippen molar-refractivity contribution in [3.05, 3.63) is 35.1 Å². The highest BCUT2D eigenvalue weighted by atomic mass is 35.5. The third-order valence-corrected chi connectivity index (χ3v) is 2.14. The zero-order valence-electron chi connectivity index (χ0n) is 7.57. The molecule has 2 aromatic rings. The number of hydrogen-bond donors (Lipinski definition) is 2. The van der Waals surface area contributed by atoms with E-state index in [1.807, 2.05) is 0 Å². The number of rotatable bonds is 2. The summed E-state index contributed by atoms with van der Waals surface area (Å²) in [6.07, 6.45) is 5.79. The number of fused-ring (bicyclic) bond motifs is 1. The summed E-state index contributed by atoms with van der Waals surface area (Å²) in [5.41, 5.74) is 1.44. The van der Waals surface area contributed by atoms with Gasteiger partial charge in [0.2, 0.25) is 0 Å². The lowest BCUT2D eigenvalue weighted by Crippen LogP contribution is -1.85. The first kappa shape index (κ1) is 9.73. The fourth-order valence-corrected chi connectivity index (χ4v) is 1.46. The van der Waals surface area contributed by atoms with Crippen LogP contribution in [0.5, 0.6) is 0 Å². The van der Waals surface area contributed by atoms with Crippen molar-refractivity contribution >= 4 is 34.7 Å². The molecular weight excluding hydrogens is 216 g/mol. The Bertz CT molecular complexity index is 545. The molecule has 0 fully saturated rings. The van der Waals surface area contributed by atoms with Crippen LogP contribution in [-0.2, 0) is 4.79 Å². The molecule has 4 nitrogen and oxygen atoms in total. The Morgan fingerprint density at radius 2 is 2.40 bits per heavy atom. The number of hydrogen-bond acceptors (Lipinski definition) is 2. The van der Waals surface area contributed by atoms with Crippen LogP contribution in [0.1, 0.15) is 5.56 Å². The molecule has 0 amide bonds. The van der Waals surface area contributed by atoms with Gasteiger partial charge in [-0.1, -0.05) is 11.6 Å². The normalized spacial score (nSPS) is 11.3. The second kappa shape index (κ2) is 3.74. The summed E-state index contributed by atoms with van der Waals surface area (Å²) in [7, 11) is 0. The molecule has 0 bridgehead atoms. The van der Waals surface area contributed by atoms with Crippen LogP contribution in [0.4, 0.5) is 0 Å². The Kier molecular flexibility index (Phi) is 2.43. The lowest BCUT2D eigenvalue weighted by molar-refractivity contribution is -0.131. The highest BCUT2D eigenvalue weighted by Gasteiger charge is 2.02. The van der Waals surface area contributed by atoms with Crippen LogP contribution in [0.2, 0.25) is 5.02 Å². The number of carbonyl (C=O) groups is 1. The zero-order valence-corrected chi connectivity index (χ0v) is 8.32. The van der Waals surface area contributed by atoms with Crippen LogP contribution in [-0.4, -0.2) is 21.0 Å². The molecule has 15 heavy (non-hydrogen) atoms. The fraction of sp³-hybridized carbons (Fsp3) is 0. The summed E-state index contributed by atoms with van der Waals surface area (Å²) >= 11 is 5.79. The van der Waals surface area contributed by atoms with E-state index >= 15 is 0 Å². The number of aromatic nitrogens is 2. The Morgan fingerprint density at radius 1 is 1.60 bits per heavy atom. The number of halogens is 1. The molecule has 0 aliphatic heterocycles. The smallest absolute Gasteiger partial charge is 0.328 e. The van der Waals surface area contributed by atoms with Crippen LogP contribution in [0.3, 0.4) is 0 Å². The van der Waals surface area contributed by atoms with Gasteiger partial charge in [-0.2, -0.15) is 0 Å². The first-order valence-electron chi connectivity index (χ1n) is 4.20. The molecular formula is C10H7ClN2O2. The predicted molar refractivity (Wildman–Crippen MR) is 57.8 cm³/mol. The van der Waals surface area contributed by atoms with Crippen molar-refractivity contribution in [2.24, 2.45) is 0 Å². The molecule has 0 atom stereocenters. The van der Waals surface area contributed by atoms with E-state index in [1.165, 1.54) is 12.3 Å². The molecule has 0 spiro atoms. The molecule has 2 aromatic heterocycles. The van der Waals surface area contributed by atoms with E-state index in [0.29, 0.717) is 10.7 Å². The van der Waals surface area contributed by atoms with E-state index < -0.39 is 5.97 Å². The molecule has 0 unspecified atom stereocenters. The number of aliphatic carboxylic acids is 1. The largest absolute Gasteiger partial charge is 0.478 e. The minimum absolute atomic E-state index is 0.520. The third-order valence-electron chi connectivity index (χ3n) is 1.94. The van der Waals surface area contributed by atoms with Gasteiger partial charge in [0.1, 0.15) is 5.65 Å². The average Bonchev–Trinajstić information content (AvgIpc) is 2.57. The van der Waals surface area contributed by atoms with Crippen molar-refractivity contribution in [1.82, 2.24) is 9.97 Å². The monoisotopic (exact) mass is 222 g/mol. The summed E-state index contributed by atoms with van der Waals surface area (Å²) in [6.45, 7) is 0. The predicted octanol–water partition coefficient (Wildman–Crippen LogP) is 2.31. The van der Waals surface area contributed by atoms with Crippen molar-refractivity contribution in [3.63, 3.8) is 0 Å². The van der Waals surface area contributed by atoms with Gasteiger partial charge in [-0.05, 0) is 12.1 Å². The number of pyridine rings is 1. The van der Waals surface area contributed by atoms with Crippen molar-refractivity contribution in [3.8, 4) is 0 Å². The first-order chi connectivity index (χ1) is 7.16. The number of H-pyrrole nitrogens is 1. The SMILES string of the molecule is O=C(O)/C=C/c1c[nH]c2ncc(Cl)cc12. The van der Waals surface area contributed by atoms with Crippen LogP contribution < -0.4 is 0 Å². The van der Waals surface area contributed by atoms with Gasteiger partial charge < -0.3 is 10.1 Å². The molecule has 2 rings (SSSR count). The Balaban J connectivity index is 2.52. The summed E-state index contributed by atoms with van der Waals surface area (Å²) in [5, 5.41) is 9.83. The Hall–Kier alpha value is -1.81. The first-order valence-corrected chi connectivity index (χ1v) is 4.58. The van der Waals surface area contributed by atoms with Crippen molar-refractivity contribution < 1.29 is 9.90 Å². The van der Waals surface area contributed by atoms with Gasteiger partial charge in [0.25, 0.3) is 0 Å². The second-order valence-electron chi connectivity index (χ2n) is 2.97. The highest BCUT2D eigenvalue weighted by molar-refractivity contribution is 6.31. The molecule has 76 valence electrons. The molecule has 0 aliphatic rings. The highest BCUT2D eigenvalue weighted by Crippen LogP contribution is 2.20. The van der Waals surface area contributed by atoms with Crippen LogP contribution in [0.25, 0.3) is 17.1 Å². The second-order valence-corrected chi connectivity index (χ2v) is 3.40. The Morgan fingerprint density at radius 3 is 3.13 bits per heavy atom. The number of carboxylic acid groups (broad SMARTS) is 1. The van der Waals surface area contributed by atoms with Gasteiger partial charge in [0.05, 0.1) is 5.02 Å². The van der Waals surface area contributed by atoms with Crippen LogP contribution in [0.15, 0.2) is 24.5 Å². The van der Waals surface area contributed by atoms with E-state index in [4.69, 9.17) is 16.7 Å². The van der Waals surface area contributed by atoms with Gasteiger partial charge in [0, 0.05) is 29.4 Å². The van der Waals surface area contributed by atoms with Gasteiger partial charge in [-0.3, -0.25) is 0 Å². The van der Waals surface area contributed by atoms with E-state index in [0.717, 1.165) is 17.0 Å². The van der Waals surface area contributed by atoms with Crippen molar-refractivity contribution in [2.75, 3.05) is 0 Å². The summed E-state index contributed by atoms with van der Waals surface area (Å²) < 4.78 is 0. The summed E-state index contributed by atoms with van der Waals surface area (Å²) in [4.78, 5) is 17.3. The molecule has 5 heteroatoms. The maximum atomic E-state index is 10.4. The van der Waals surface area contributed by atoms with Crippen LogP contribution in [0, 0.1) is 0 Å². The molecule has 0 aliphatic carbocycles. The summed E-state index contributed by atoms with van der Waals surface area (Å²) in [6, 6.07) is 1.74. The van der Waals surface area contributed by atoms with Gasteiger partial charge in [-0.25, -0.2) is 9.78 Å². The molecule has 0 radical (unpaired) electrons. The van der Waals surface area contributed by atoms with E-state index in [9.17, 15) is 4.79 Å². The van der Waals surface area contributed by atoms with Crippen LogP contribution >= 0.6 is 11.6 Å². The minimum Gasteiger partial charge on any atom is -0.478 e. The standard InChI is InChI=1S/C10H7ClN2O2/c11-7-3-8-6(1-2-9(14)15)4-12-10(8)13-5-7/h1-5H,(H,12,13)(H,14,15)/b2-1+. The topological polar surface area (TPSA) is 66.0 Å². The van der Waals surface area contributed by atoms with Gasteiger partial charge in [-0.15, -0.1) is 0 Å². The van der Waals surface area contributed by atoms with Crippen molar-refractivity contribution in [1.29, 1.82) is 0 Å². The quantitative estimate of drug-likeness (QED) is 0.767. The maximum Gasteiger partial charge on any atom is 0.328 e. The lowest BCUT2D eigenvalue weighted by Gasteiger charge is -1.91. The van der Waals surface area contributed by atoms with E-state index in [1.54, 1.807) is 12.3 Å². The number of nitrogens with one attached hydrogen (secondary N) is 1. The minimum atomic E-state index is -0.987. The fourth-order valence-electron chi connectivity index (χ4n) is 1.30. The lowest BCUT2D eigenvalue weighted by atomic mass is 10.2. The Labute approximate surface area is 90.2 Å². The average molecular weight is 223 g/mol. The molecule has 2 N–H and O–H groups in total. The van der Waals surface area contributed by atoms with Gasteiger partial charge in [0.15, 0.2) is 0 Å². The maximum absolute atomic E-state index is 10.4. The molecule has 2 heterocycles. The summed E-state index contributed by atoms with van der Waals surface area (Å²) in [5.74, 6) is -0.987. The number of carboxylic acids is 1. The zero-order chi connectivity index (χ0) is 10.8. The number of aromatic amines is 1. The molecule has 0 saturated carbocycles. The van der Waals surface area contributed by atoms with Crippen molar-refractivity contribution in [2.45, 2.75) is 0 Å². The third kappa shape index (κ3) is 1.99. The van der Waals surface area contributed by atoms with E-state index in [2.05, 4.69) is 9.97 Å².